The molecule has 0 N–H and O–H groups in total. The van der Waals surface area contributed by atoms with E-state index in [0.29, 0.717) is 0 Å². The minimum absolute atomic E-state index is 0.177. The Morgan fingerprint density at radius 3 is 2.73 bits per heavy atom. The van der Waals surface area contributed by atoms with Gasteiger partial charge in [0, 0.05) is 6.04 Å². The topological polar surface area (TPSA) is 27.0 Å². The Balaban J connectivity index is 2.06. The van der Waals surface area contributed by atoms with Gasteiger partial charge in [0.2, 0.25) is 0 Å². The van der Waals surface area contributed by atoms with E-state index in [1.807, 2.05) is 0 Å². The molecule has 0 aromatic heterocycles. The standard InChI is InChI=1S/C13H22N2/c1-2-12(10-14)15-9-5-7-11-6-3-4-8-13(11)15/h11-13H,2-9H2,1H3/t11-,12?,13-/m1/s1. The van der Waals surface area contributed by atoms with Crippen molar-refractivity contribution in [3.63, 3.8) is 0 Å². The molecule has 0 amide bonds. The Hall–Kier alpha value is -0.550. The highest BCUT2D eigenvalue weighted by molar-refractivity contribution is 4.98. The Kier molecular flexibility index (Phi) is 3.64. The molecule has 0 radical (unpaired) electrons. The molecule has 1 heterocycles. The third-order valence-electron chi connectivity index (χ3n) is 4.22. The summed E-state index contributed by atoms with van der Waals surface area (Å²) < 4.78 is 0. The van der Waals surface area contributed by atoms with Gasteiger partial charge in [0.1, 0.15) is 0 Å². The van der Waals surface area contributed by atoms with Crippen molar-refractivity contribution >= 4 is 0 Å². The lowest BCUT2D eigenvalue weighted by Crippen LogP contribution is -2.50. The highest BCUT2D eigenvalue weighted by Gasteiger charge is 2.35. The van der Waals surface area contributed by atoms with Gasteiger partial charge >= 0.3 is 0 Å². The molecule has 0 aromatic carbocycles. The number of fused-ring (bicyclic) bond motifs is 1. The van der Waals surface area contributed by atoms with Gasteiger partial charge in [-0.1, -0.05) is 19.8 Å². The number of hydrogen-bond donors (Lipinski definition) is 0. The van der Waals surface area contributed by atoms with Gasteiger partial charge in [-0.15, -0.1) is 0 Å². The maximum absolute atomic E-state index is 9.18. The molecule has 1 unspecified atom stereocenters. The van der Waals surface area contributed by atoms with Gasteiger partial charge in [-0.3, -0.25) is 4.90 Å². The maximum atomic E-state index is 9.18. The first-order valence-corrected chi connectivity index (χ1v) is 6.52. The highest BCUT2D eigenvalue weighted by atomic mass is 15.2. The number of rotatable bonds is 2. The van der Waals surface area contributed by atoms with E-state index in [4.69, 9.17) is 0 Å². The summed E-state index contributed by atoms with van der Waals surface area (Å²) in [6.45, 7) is 3.30. The fourth-order valence-electron chi connectivity index (χ4n) is 3.45. The predicted molar refractivity (Wildman–Crippen MR) is 61.4 cm³/mol. The van der Waals surface area contributed by atoms with E-state index in [0.717, 1.165) is 24.9 Å². The SMILES string of the molecule is CCC(C#N)N1CCC[C@H]2CCCC[C@H]21. The van der Waals surface area contributed by atoms with Crippen molar-refractivity contribution in [3.05, 3.63) is 0 Å². The third kappa shape index (κ3) is 2.18. The zero-order chi connectivity index (χ0) is 10.7. The average Bonchev–Trinajstić information content (AvgIpc) is 2.31. The summed E-state index contributed by atoms with van der Waals surface area (Å²) in [7, 11) is 0. The number of likely N-dealkylation sites (tertiary alicyclic amines) is 1. The van der Waals surface area contributed by atoms with E-state index in [1.54, 1.807) is 0 Å². The smallest absolute Gasteiger partial charge is 0.0977 e. The van der Waals surface area contributed by atoms with Crippen molar-refractivity contribution in [1.29, 1.82) is 5.26 Å². The summed E-state index contributed by atoms with van der Waals surface area (Å²) in [4.78, 5) is 2.51. The van der Waals surface area contributed by atoms with Crippen LogP contribution in [0.25, 0.3) is 0 Å². The monoisotopic (exact) mass is 206 g/mol. The number of hydrogen-bond acceptors (Lipinski definition) is 2. The number of nitriles is 1. The third-order valence-corrected chi connectivity index (χ3v) is 4.22. The van der Waals surface area contributed by atoms with E-state index >= 15 is 0 Å². The molecule has 0 spiro atoms. The molecule has 2 fully saturated rings. The Morgan fingerprint density at radius 1 is 1.27 bits per heavy atom. The van der Waals surface area contributed by atoms with Crippen molar-refractivity contribution < 1.29 is 0 Å². The van der Waals surface area contributed by atoms with Crippen molar-refractivity contribution in [2.75, 3.05) is 6.54 Å². The molecule has 2 aliphatic rings. The largest absolute Gasteiger partial charge is 0.285 e. The average molecular weight is 206 g/mol. The van der Waals surface area contributed by atoms with Crippen molar-refractivity contribution in [3.8, 4) is 6.07 Å². The molecule has 2 heteroatoms. The molecule has 0 aromatic rings. The van der Waals surface area contributed by atoms with Gasteiger partial charge in [-0.2, -0.15) is 5.26 Å². The van der Waals surface area contributed by atoms with Crippen LogP contribution in [0.5, 0.6) is 0 Å². The molecule has 84 valence electrons. The minimum Gasteiger partial charge on any atom is -0.285 e. The molecule has 1 aliphatic heterocycles. The predicted octanol–water partition coefficient (Wildman–Crippen LogP) is 2.94. The first kappa shape index (κ1) is 11.0. The van der Waals surface area contributed by atoms with E-state index in [2.05, 4.69) is 17.9 Å². The summed E-state index contributed by atoms with van der Waals surface area (Å²) in [5.74, 6) is 0.898. The summed E-state index contributed by atoms with van der Waals surface area (Å²) >= 11 is 0. The van der Waals surface area contributed by atoms with Gasteiger partial charge < -0.3 is 0 Å². The molecule has 0 bridgehead atoms. The quantitative estimate of drug-likeness (QED) is 0.694. The Morgan fingerprint density at radius 2 is 2.00 bits per heavy atom. The molecule has 1 saturated heterocycles. The number of nitrogens with zero attached hydrogens (tertiary/aromatic N) is 2. The van der Waals surface area contributed by atoms with Crippen LogP contribution in [0.15, 0.2) is 0 Å². The van der Waals surface area contributed by atoms with Crippen LogP contribution in [0.3, 0.4) is 0 Å². The van der Waals surface area contributed by atoms with Crippen LogP contribution in [0, 0.1) is 17.2 Å². The molecule has 1 aliphatic carbocycles. The van der Waals surface area contributed by atoms with Crippen LogP contribution >= 0.6 is 0 Å². The number of piperidine rings is 1. The summed E-state index contributed by atoms with van der Waals surface area (Å²) in [5, 5.41) is 9.18. The molecular formula is C13H22N2. The van der Waals surface area contributed by atoms with Crippen LogP contribution in [0.4, 0.5) is 0 Å². The van der Waals surface area contributed by atoms with E-state index in [-0.39, 0.29) is 6.04 Å². The van der Waals surface area contributed by atoms with E-state index in [1.165, 1.54) is 38.5 Å². The van der Waals surface area contributed by atoms with Crippen molar-refractivity contribution in [2.45, 2.75) is 64.0 Å². The zero-order valence-corrected chi connectivity index (χ0v) is 9.78. The molecule has 3 atom stereocenters. The van der Waals surface area contributed by atoms with Gasteiger partial charge in [-0.05, 0) is 44.6 Å². The van der Waals surface area contributed by atoms with Crippen molar-refractivity contribution in [1.82, 2.24) is 4.90 Å². The zero-order valence-electron chi connectivity index (χ0n) is 9.78. The van der Waals surface area contributed by atoms with Gasteiger partial charge in [-0.25, -0.2) is 0 Å². The molecule has 2 nitrogen and oxygen atoms in total. The first-order chi connectivity index (χ1) is 7.36. The Labute approximate surface area is 93.3 Å². The molecule has 2 rings (SSSR count). The fourth-order valence-corrected chi connectivity index (χ4v) is 3.45. The fraction of sp³-hybridized carbons (Fsp3) is 0.923. The summed E-state index contributed by atoms with van der Waals surface area (Å²) in [5.41, 5.74) is 0. The molecule has 1 saturated carbocycles. The van der Waals surface area contributed by atoms with Gasteiger partial charge in [0.25, 0.3) is 0 Å². The van der Waals surface area contributed by atoms with Crippen molar-refractivity contribution in [2.24, 2.45) is 5.92 Å². The van der Waals surface area contributed by atoms with Crippen LogP contribution in [-0.2, 0) is 0 Å². The van der Waals surface area contributed by atoms with E-state index < -0.39 is 0 Å². The van der Waals surface area contributed by atoms with Gasteiger partial charge in [0.05, 0.1) is 12.1 Å². The molecule has 15 heavy (non-hydrogen) atoms. The maximum Gasteiger partial charge on any atom is 0.0977 e. The summed E-state index contributed by atoms with van der Waals surface area (Å²) in [6.07, 6.45) is 9.23. The van der Waals surface area contributed by atoms with E-state index in [9.17, 15) is 5.26 Å². The minimum atomic E-state index is 0.177. The lowest BCUT2D eigenvalue weighted by molar-refractivity contribution is 0.0412. The molecular weight excluding hydrogens is 184 g/mol. The second-order valence-electron chi connectivity index (χ2n) is 5.05. The van der Waals surface area contributed by atoms with Crippen LogP contribution in [0.2, 0.25) is 0 Å². The second-order valence-corrected chi connectivity index (χ2v) is 5.05. The lowest BCUT2D eigenvalue weighted by Gasteiger charge is -2.45. The normalized spacial score (nSPS) is 34.1. The summed E-state index contributed by atoms with van der Waals surface area (Å²) in [6, 6.07) is 3.39. The lowest BCUT2D eigenvalue weighted by atomic mass is 9.77. The highest BCUT2D eigenvalue weighted by Crippen LogP contribution is 2.36. The van der Waals surface area contributed by atoms with Crippen LogP contribution in [-0.4, -0.2) is 23.5 Å². The van der Waals surface area contributed by atoms with Crippen LogP contribution < -0.4 is 0 Å². The Bertz CT molecular complexity index is 241. The van der Waals surface area contributed by atoms with Gasteiger partial charge in [0.15, 0.2) is 0 Å². The van der Waals surface area contributed by atoms with Crippen LogP contribution in [0.1, 0.15) is 51.9 Å². The second kappa shape index (κ2) is 4.99. The first-order valence-electron chi connectivity index (χ1n) is 6.52.